The molecule has 0 aliphatic carbocycles. The topological polar surface area (TPSA) is 66.8 Å². The lowest BCUT2D eigenvalue weighted by atomic mass is 10.1. The number of amides is 1. The quantitative estimate of drug-likeness (QED) is 0.931. The van der Waals surface area contributed by atoms with Crippen LogP contribution in [0.2, 0.25) is 0 Å². The van der Waals surface area contributed by atoms with Crippen LogP contribution in [0.25, 0.3) is 0 Å². The maximum Gasteiger partial charge on any atom is 0.414 e. The number of carbonyl (C=O) groups excluding carboxylic acids is 1. The van der Waals surface area contributed by atoms with Crippen LogP contribution in [-0.2, 0) is 9.53 Å². The number of rotatable bonds is 3. The highest BCUT2D eigenvalue weighted by molar-refractivity contribution is 9.10. The fourth-order valence-corrected chi connectivity index (χ4v) is 2.36. The van der Waals surface area contributed by atoms with E-state index < -0.39 is 18.2 Å². The zero-order chi connectivity index (χ0) is 13.1. The Morgan fingerprint density at radius 2 is 2.22 bits per heavy atom. The third-order valence-corrected chi connectivity index (χ3v) is 3.38. The molecule has 1 aliphatic rings. The second-order valence-electron chi connectivity index (χ2n) is 4.00. The number of benzene rings is 1. The van der Waals surface area contributed by atoms with E-state index in [2.05, 4.69) is 15.9 Å². The SMILES string of the molecule is O=C(O)CC1CCN(c2ccccc2Br)C(=O)O1. The molecule has 1 unspecified atom stereocenters. The lowest BCUT2D eigenvalue weighted by Gasteiger charge is -2.31. The number of para-hydroxylation sites is 1. The van der Waals surface area contributed by atoms with Crippen molar-refractivity contribution >= 4 is 33.7 Å². The molecule has 5 nitrogen and oxygen atoms in total. The van der Waals surface area contributed by atoms with Gasteiger partial charge in [0, 0.05) is 17.4 Å². The predicted molar refractivity (Wildman–Crippen MR) is 68.6 cm³/mol. The van der Waals surface area contributed by atoms with Gasteiger partial charge in [-0.1, -0.05) is 12.1 Å². The highest BCUT2D eigenvalue weighted by atomic mass is 79.9. The first-order valence-electron chi connectivity index (χ1n) is 5.52. The van der Waals surface area contributed by atoms with E-state index in [1.165, 1.54) is 4.90 Å². The van der Waals surface area contributed by atoms with E-state index in [1.54, 1.807) is 0 Å². The minimum Gasteiger partial charge on any atom is -0.481 e. The van der Waals surface area contributed by atoms with Crippen molar-refractivity contribution in [1.29, 1.82) is 0 Å². The summed E-state index contributed by atoms with van der Waals surface area (Å²) in [5.41, 5.74) is 0.733. The van der Waals surface area contributed by atoms with E-state index in [-0.39, 0.29) is 6.42 Å². The molecule has 96 valence electrons. The van der Waals surface area contributed by atoms with Gasteiger partial charge in [-0.05, 0) is 28.1 Å². The average molecular weight is 314 g/mol. The second kappa shape index (κ2) is 5.39. The lowest BCUT2D eigenvalue weighted by Crippen LogP contribution is -2.42. The van der Waals surface area contributed by atoms with Gasteiger partial charge in [-0.15, -0.1) is 0 Å². The number of halogens is 1. The van der Waals surface area contributed by atoms with Gasteiger partial charge in [0.05, 0.1) is 12.1 Å². The van der Waals surface area contributed by atoms with Gasteiger partial charge in [-0.2, -0.15) is 0 Å². The summed E-state index contributed by atoms with van der Waals surface area (Å²) >= 11 is 3.37. The molecule has 1 atom stereocenters. The molecule has 2 rings (SSSR count). The first kappa shape index (κ1) is 12.9. The van der Waals surface area contributed by atoms with E-state index in [0.29, 0.717) is 13.0 Å². The molecule has 1 N–H and O–H groups in total. The first-order valence-corrected chi connectivity index (χ1v) is 6.31. The summed E-state index contributed by atoms with van der Waals surface area (Å²) in [5, 5.41) is 8.67. The van der Waals surface area contributed by atoms with Crippen molar-refractivity contribution in [2.45, 2.75) is 18.9 Å². The predicted octanol–water partition coefficient (Wildman–Crippen LogP) is 2.64. The molecule has 1 aromatic rings. The van der Waals surface area contributed by atoms with Crippen LogP contribution in [0.15, 0.2) is 28.7 Å². The Balaban J connectivity index is 2.08. The van der Waals surface area contributed by atoms with Gasteiger partial charge in [0.1, 0.15) is 6.10 Å². The number of hydrogen-bond acceptors (Lipinski definition) is 3. The van der Waals surface area contributed by atoms with E-state index in [4.69, 9.17) is 9.84 Å². The summed E-state index contributed by atoms with van der Waals surface area (Å²) in [6, 6.07) is 7.33. The van der Waals surface area contributed by atoms with Crippen molar-refractivity contribution in [3.8, 4) is 0 Å². The molecular formula is C12H12BrNO4. The van der Waals surface area contributed by atoms with Crippen molar-refractivity contribution in [2.24, 2.45) is 0 Å². The molecule has 1 saturated heterocycles. The fourth-order valence-electron chi connectivity index (χ4n) is 1.86. The molecule has 0 aromatic heterocycles. The number of anilines is 1. The molecule has 1 aromatic carbocycles. The molecule has 1 aliphatic heterocycles. The summed E-state index contributed by atoms with van der Waals surface area (Å²) in [6.07, 6.45) is -0.664. The summed E-state index contributed by atoms with van der Waals surface area (Å²) < 4.78 is 5.91. The Bertz CT molecular complexity index is 477. The zero-order valence-corrected chi connectivity index (χ0v) is 11.1. The molecule has 0 saturated carbocycles. The molecule has 18 heavy (non-hydrogen) atoms. The number of hydrogen-bond donors (Lipinski definition) is 1. The summed E-state index contributed by atoms with van der Waals surface area (Å²) in [4.78, 5) is 23.9. The number of carboxylic acids is 1. The minimum atomic E-state index is -0.956. The lowest BCUT2D eigenvalue weighted by molar-refractivity contribution is -0.139. The molecule has 1 heterocycles. The number of carbonyl (C=O) groups is 2. The fraction of sp³-hybridized carbons (Fsp3) is 0.333. The van der Waals surface area contributed by atoms with Crippen LogP contribution in [0, 0.1) is 0 Å². The van der Waals surface area contributed by atoms with Crippen LogP contribution in [0.4, 0.5) is 10.5 Å². The van der Waals surface area contributed by atoms with Gasteiger partial charge in [-0.25, -0.2) is 4.79 Å². The normalized spacial score (nSPS) is 19.5. The Morgan fingerprint density at radius 1 is 1.50 bits per heavy atom. The maximum atomic E-state index is 11.8. The van der Waals surface area contributed by atoms with Gasteiger partial charge in [-0.3, -0.25) is 9.69 Å². The van der Waals surface area contributed by atoms with Gasteiger partial charge in [0.15, 0.2) is 0 Å². The molecular weight excluding hydrogens is 302 g/mol. The number of carboxylic acid groups (broad SMARTS) is 1. The van der Waals surface area contributed by atoms with Crippen LogP contribution >= 0.6 is 15.9 Å². The largest absolute Gasteiger partial charge is 0.481 e. The highest BCUT2D eigenvalue weighted by Gasteiger charge is 2.30. The van der Waals surface area contributed by atoms with Gasteiger partial charge in [0.25, 0.3) is 0 Å². The maximum absolute atomic E-state index is 11.8. The van der Waals surface area contributed by atoms with Crippen LogP contribution in [0.3, 0.4) is 0 Å². The van der Waals surface area contributed by atoms with Gasteiger partial charge < -0.3 is 9.84 Å². The standard InChI is InChI=1S/C12H12BrNO4/c13-9-3-1-2-4-10(9)14-6-5-8(7-11(15)16)18-12(14)17/h1-4,8H,5-7H2,(H,15,16). The van der Waals surface area contributed by atoms with Crippen LogP contribution in [0.5, 0.6) is 0 Å². The summed E-state index contributed by atoms with van der Waals surface area (Å²) in [6.45, 7) is 0.458. The Hall–Kier alpha value is -1.56. The van der Waals surface area contributed by atoms with Crippen LogP contribution in [0.1, 0.15) is 12.8 Å². The Morgan fingerprint density at radius 3 is 2.83 bits per heavy atom. The minimum absolute atomic E-state index is 0.143. The second-order valence-corrected chi connectivity index (χ2v) is 4.85. The number of aliphatic carboxylic acids is 1. The molecule has 0 spiro atoms. The molecule has 1 fully saturated rings. The zero-order valence-electron chi connectivity index (χ0n) is 9.51. The Labute approximate surface area is 112 Å². The third kappa shape index (κ3) is 2.81. The highest BCUT2D eigenvalue weighted by Crippen LogP contribution is 2.29. The molecule has 0 bridgehead atoms. The smallest absolute Gasteiger partial charge is 0.414 e. The number of cyclic esters (lactones) is 1. The van der Waals surface area contributed by atoms with Crippen molar-refractivity contribution in [2.75, 3.05) is 11.4 Å². The van der Waals surface area contributed by atoms with E-state index >= 15 is 0 Å². The Kier molecular flexibility index (Phi) is 3.86. The third-order valence-electron chi connectivity index (χ3n) is 2.71. The summed E-state index contributed by atoms with van der Waals surface area (Å²) in [5.74, 6) is -0.956. The summed E-state index contributed by atoms with van der Waals surface area (Å²) in [7, 11) is 0. The van der Waals surface area contributed by atoms with Crippen molar-refractivity contribution in [3.05, 3.63) is 28.7 Å². The first-order chi connectivity index (χ1) is 8.58. The van der Waals surface area contributed by atoms with E-state index in [1.807, 2.05) is 24.3 Å². The molecule has 0 radical (unpaired) electrons. The average Bonchev–Trinajstić information content (AvgIpc) is 2.30. The van der Waals surface area contributed by atoms with E-state index in [9.17, 15) is 9.59 Å². The molecule has 1 amide bonds. The van der Waals surface area contributed by atoms with Gasteiger partial charge in [0.2, 0.25) is 0 Å². The van der Waals surface area contributed by atoms with Crippen LogP contribution < -0.4 is 4.90 Å². The van der Waals surface area contributed by atoms with Crippen molar-refractivity contribution in [3.63, 3.8) is 0 Å². The van der Waals surface area contributed by atoms with Crippen molar-refractivity contribution < 1.29 is 19.4 Å². The number of nitrogens with zero attached hydrogens (tertiary/aromatic N) is 1. The molecule has 6 heteroatoms. The van der Waals surface area contributed by atoms with Gasteiger partial charge >= 0.3 is 12.1 Å². The van der Waals surface area contributed by atoms with Crippen LogP contribution in [-0.4, -0.2) is 29.8 Å². The number of ether oxygens (including phenoxy) is 1. The van der Waals surface area contributed by atoms with E-state index in [0.717, 1.165) is 10.2 Å². The monoisotopic (exact) mass is 313 g/mol. The van der Waals surface area contributed by atoms with Crippen molar-refractivity contribution in [1.82, 2.24) is 0 Å².